The van der Waals surface area contributed by atoms with E-state index in [1.54, 1.807) is 0 Å². The van der Waals surface area contributed by atoms with Crippen molar-refractivity contribution in [3.8, 4) is 0 Å². The summed E-state index contributed by atoms with van der Waals surface area (Å²) in [6.07, 6.45) is 0.614. The molecule has 1 atom stereocenters. The number of rotatable bonds is 7. The molecule has 1 unspecified atom stereocenters. The van der Waals surface area contributed by atoms with E-state index in [1.807, 2.05) is 30.3 Å². The first-order valence-electron chi connectivity index (χ1n) is 5.72. The molecule has 4 nitrogen and oxygen atoms in total. The van der Waals surface area contributed by atoms with Gasteiger partial charge in [0.25, 0.3) is 0 Å². The second kappa shape index (κ2) is 7.81. The number of carbonyl (C=O) groups excluding carboxylic acids is 1. The van der Waals surface area contributed by atoms with Crippen LogP contribution in [0.15, 0.2) is 30.3 Å². The van der Waals surface area contributed by atoms with Crippen LogP contribution in [0, 0.1) is 0 Å². The van der Waals surface area contributed by atoms with Gasteiger partial charge in [-0.25, -0.2) is 0 Å². The fourth-order valence-electron chi connectivity index (χ4n) is 1.49. The van der Waals surface area contributed by atoms with Crippen LogP contribution >= 0.6 is 0 Å². The van der Waals surface area contributed by atoms with Gasteiger partial charge in [-0.05, 0) is 12.0 Å². The van der Waals surface area contributed by atoms with Gasteiger partial charge in [-0.15, -0.1) is 0 Å². The average molecular weight is 237 g/mol. The van der Waals surface area contributed by atoms with Crippen LogP contribution in [-0.4, -0.2) is 30.3 Å². The van der Waals surface area contributed by atoms with Crippen LogP contribution in [0.3, 0.4) is 0 Å². The highest BCUT2D eigenvalue weighted by atomic mass is 16.5. The predicted molar refractivity (Wildman–Crippen MR) is 65.4 cm³/mol. The van der Waals surface area contributed by atoms with Crippen LogP contribution in [-0.2, 0) is 16.1 Å². The molecule has 0 aliphatic heterocycles. The van der Waals surface area contributed by atoms with E-state index >= 15 is 0 Å². The number of hydrogen-bond acceptors (Lipinski definition) is 3. The van der Waals surface area contributed by atoms with Gasteiger partial charge in [0, 0.05) is 13.5 Å². The highest BCUT2D eigenvalue weighted by Crippen LogP contribution is 2.01. The molecule has 1 aromatic rings. The van der Waals surface area contributed by atoms with E-state index in [2.05, 4.69) is 5.32 Å². The van der Waals surface area contributed by atoms with E-state index < -0.39 is 0 Å². The quantitative estimate of drug-likeness (QED) is 0.698. The van der Waals surface area contributed by atoms with Crippen LogP contribution in [0.25, 0.3) is 0 Å². The summed E-state index contributed by atoms with van der Waals surface area (Å²) < 4.78 is 5.47. The van der Waals surface area contributed by atoms with Crippen LogP contribution < -0.4 is 5.32 Å². The summed E-state index contributed by atoms with van der Waals surface area (Å²) in [5.74, 6) is -0.132. The molecule has 17 heavy (non-hydrogen) atoms. The molecule has 0 saturated carbocycles. The Morgan fingerprint density at radius 1 is 1.41 bits per heavy atom. The summed E-state index contributed by atoms with van der Waals surface area (Å²) >= 11 is 0. The van der Waals surface area contributed by atoms with Gasteiger partial charge in [0.15, 0.2) is 0 Å². The van der Waals surface area contributed by atoms with Gasteiger partial charge in [-0.2, -0.15) is 0 Å². The van der Waals surface area contributed by atoms with Crippen LogP contribution in [0.1, 0.15) is 18.9 Å². The van der Waals surface area contributed by atoms with Gasteiger partial charge in [-0.1, -0.05) is 30.3 Å². The van der Waals surface area contributed by atoms with Crippen molar-refractivity contribution >= 4 is 5.91 Å². The number of benzene rings is 1. The Morgan fingerprint density at radius 3 is 2.71 bits per heavy atom. The van der Waals surface area contributed by atoms with Crippen LogP contribution in [0.2, 0.25) is 0 Å². The number of aliphatic hydroxyl groups excluding tert-OH is 1. The maximum atomic E-state index is 10.8. The number of amides is 1. The number of nitrogens with one attached hydrogen (secondary N) is 1. The molecule has 94 valence electrons. The Hall–Kier alpha value is -1.39. The number of aliphatic hydroxyl groups is 1. The van der Waals surface area contributed by atoms with Gasteiger partial charge in [-0.3, -0.25) is 4.79 Å². The van der Waals surface area contributed by atoms with Gasteiger partial charge >= 0.3 is 0 Å². The molecule has 1 rings (SSSR count). The van der Waals surface area contributed by atoms with Crippen molar-refractivity contribution in [1.82, 2.24) is 5.32 Å². The fourth-order valence-corrected chi connectivity index (χ4v) is 1.49. The van der Waals surface area contributed by atoms with Gasteiger partial charge in [0.1, 0.15) is 0 Å². The van der Waals surface area contributed by atoms with Gasteiger partial charge < -0.3 is 15.2 Å². The molecular weight excluding hydrogens is 218 g/mol. The van der Waals surface area contributed by atoms with E-state index in [1.165, 1.54) is 6.92 Å². The Morgan fingerprint density at radius 2 is 2.12 bits per heavy atom. The molecule has 1 amide bonds. The minimum Gasteiger partial charge on any atom is -0.394 e. The topological polar surface area (TPSA) is 58.6 Å². The number of hydrogen-bond donors (Lipinski definition) is 2. The molecule has 0 saturated heterocycles. The zero-order valence-electron chi connectivity index (χ0n) is 10.1. The summed E-state index contributed by atoms with van der Waals surface area (Å²) in [6, 6.07) is 9.67. The normalized spacial score (nSPS) is 12.1. The van der Waals surface area contributed by atoms with Gasteiger partial charge in [0.05, 0.1) is 19.3 Å². The Kier molecular flexibility index (Phi) is 6.29. The summed E-state index contributed by atoms with van der Waals surface area (Å²) in [6.45, 7) is 2.45. The van der Waals surface area contributed by atoms with Crippen LogP contribution in [0.4, 0.5) is 0 Å². The lowest BCUT2D eigenvalue weighted by Gasteiger charge is -2.14. The third-order valence-electron chi connectivity index (χ3n) is 2.35. The Balaban J connectivity index is 2.16. The molecule has 0 aromatic heterocycles. The SMILES string of the molecule is CC(=O)NC(CO)CCOCc1ccccc1. The minimum atomic E-state index is -0.219. The molecule has 2 N–H and O–H groups in total. The molecule has 0 bridgehead atoms. The predicted octanol–water partition coefficient (Wildman–Crippen LogP) is 1.09. The summed E-state index contributed by atoms with van der Waals surface area (Å²) in [7, 11) is 0. The average Bonchev–Trinajstić information content (AvgIpc) is 2.34. The van der Waals surface area contributed by atoms with Crippen molar-refractivity contribution in [2.75, 3.05) is 13.2 Å². The third kappa shape index (κ3) is 6.04. The number of carbonyl (C=O) groups is 1. The van der Waals surface area contributed by atoms with Crippen molar-refractivity contribution in [2.24, 2.45) is 0 Å². The Bertz CT molecular complexity index is 327. The van der Waals surface area contributed by atoms with Crippen molar-refractivity contribution in [1.29, 1.82) is 0 Å². The lowest BCUT2D eigenvalue weighted by atomic mass is 10.2. The molecule has 4 heteroatoms. The first-order chi connectivity index (χ1) is 8.22. The number of ether oxygens (including phenoxy) is 1. The zero-order valence-corrected chi connectivity index (χ0v) is 10.1. The molecule has 1 aromatic carbocycles. The highest BCUT2D eigenvalue weighted by molar-refractivity contribution is 5.73. The summed E-state index contributed by atoms with van der Waals surface area (Å²) in [5, 5.41) is 11.7. The van der Waals surface area contributed by atoms with Crippen molar-refractivity contribution in [3.05, 3.63) is 35.9 Å². The lowest BCUT2D eigenvalue weighted by molar-refractivity contribution is -0.120. The summed E-state index contributed by atoms with van der Waals surface area (Å²) in [5.41, 5.74) is 1.12. The van der Waals surface area contributed by atoms with E-state index in [4.69, 9.17) is 9.84 Å². The zero-order chi connectivity index (χ0) is 12.5. The maximum Gasteiger partial charge on any atom is 0.217 e. The van der Waals surface area contributed by atoms with Crippen LogP contribution in [0.5, 0.6) is 0 Å². The summed E-state index contributed by atoms with van der Waals surface area (Å²) in [4.78, 5) is 10.8. The maximum absolute atomic E-state index is 10.8. The lowest BCUT2D eigenvalue weighted by Crippen LogP contribution is -2.36. The monoisotopic (exact) mass is 237 g/mol. The largest absolute Gasteiger partial charge is 0.394 e. The first-order valence-corrected chi connectivity index (χ1v) is 5.72. The van der Waals surface area contributed by atoms with E-state index in [9.17, 15) is 4.79 Å². The molecule has 0 heterocycles. The van der Waals surface area contributed by atoms with Crippen molar-refractivity contribution < 1.29 is 14.6 Å². The van der Waals surface area contributed by atoms with E-state index in [0.717, 1.165) is 5.56 Å². The van der Waals surface area contributed by atoms with E-state index in [0.29, 0.717) is 19.6 Å². The standard InChI is InChI=1S/C13H19NO3/c1-11(16)14-13(9-15)7-8-17-10-12-5-3-2-4-6-12/h2-6,13,15H,7-10H2,1H3,(H,14,16). The second-order valence-corrected chi connectivity index (χ2v) is 3.91. The molecule has 0 spiro atoms. The molecule has 0 aliphatic rings. The fraction of sp³-hybridized carbons (Fsp3) is 0.462. The Labute approximate surface area is 102 Å². The highest BCUT2D eigenvalue weighted by Gasteiger charge is 2.07. The molecule has 0 aliphatic carbocycles. The minimum absolute atomic E-state index is 0.0612. The van der Waals surface area contributed by atoms with Gasteiger partial charge in [0.2, 0.25) is 5.91 Å². The smallest absolute Gasteiger partial charge is 0.217 e. The van der Waals surface area contributed by atoms with Crippen molar-refractivity contribution in [2.45, 2.75) is 26.0 Å². The first kappa shape index (κ1) is 13.7. The third-order valence-corrected chi connectivity index (χ3v) is 2.35. The van der Waals surface area contributed by atoms with E-state index in [-0.39, 0.29) is 18.6 Å². The molecule has 0 radical (unpaired) electrons. The second-order valence-electron chi connectivity index (χ2n) is 3.91. The molecule has 0 fully saturated rings. The molecular formula is C13H19NO3. The van der Waals surface area contributed by atoms with Crippen molar-refractivity contribution in [3.63, 3.8) is 0 Å².